The maximum absolute atomic E-state index is 11.3. The minimum atomic E-state index is -3.84. The highest BCUT2D eigenvalue weighted by Crippen LogP contribution is 2.40. The first kappa shape index (κ1) is 19.2. The van der Waals surface area contributed by atoms with Crippen molar-refractivity contribution in [2.24, 2.45) is 0 Å². The molecule has 0 saturated carbocycles. The van der Waals surface area contributed by atoms with Crippen LogP contribution in [0.1, 0.15) is 0 Å². The molecule has 0 radical (unpaired) electrons. The fourth-order valence-corrected chi connectivity index (χ4v) is 13.8. The van der Waals surface area contributed by atoms with E-state index in [-0.39, 0.29) is 31.9 Å². The van der Waals surface area contributed by atoms with Crippen molar-refractivity contribution >= 4 is 63.1 Å². The lowest BCUT2D eigenvalue weighted by Crippen LogP contribution is -2.09. The van der Waals surface area contributed by atoms with Gasteiger partial charge in [-0.3, -0.25) is 0 Å². The quantitative estimate of drug-likeness (QED) is 0.436. The van der Waals surface area contributed by atoms with Crippen molar-refractivity contribution in [2.45, 2.75) is 0 Å². The molecule has 0 aromatic rings. The van der Waals surface area contributed by atoms with E-state index in [2.05, 4.69) is 19.7 Å². The van der Waals surface area contributed by atoms with Crippen molar-refractivity contribution < 1.29 is 25.3 Å². The van der Waals surface area contributed by atoms with Crippen LogP contribution in [-0.4, -0.2) is 29.8 Å². The summed E-state index contributed by atoms with van der Waals surface area (Å²) in [6.07, 6.45) is 0. The highest BCUT2D eigenvalue weighted by atomic mass is 33.2. The van der Waals surface area contributed by atoms with Crippen LogP contribution in [0, 0.1) is 0 Å². The molecule has 13 heteroatoms. The SMILES string of the molecule is C=CS(=O)(=O)SB(SS(=O)(=O)C=C)SS(=O)(=O)C=C. The van der Waals surface area contributed by atoms with Gasteiger partial charge in [-0.2, -0.15) is 0 Å². The Morgan fingerprint density at radius 2 is 0.842 bits per heavy atom. The normalized spacial score (nSPS) is 12.6. The lowest BCUT2D eigenvalue weighted by atomic mass is 10.7. The van der Waals surface area contributed by atoms with Gasteiger partial charge in [0.1, 0.15) is 0 Å². The Kier molecular flexibility index (Phi) is 7.34. The van der Waals surface area contributed by atoms with Gasteiger partial charge in [0.15, 0.2) is 0 Å². The first-order valence-corrected chi connectivity index (χ1v) is 13.0. The molecule has 0 bridgehead atoms. The molecule has 0 saturated heterocycles. The van der Waals surface area contributed by atoms with E-state index in [4.69, 9.17) is 0 Å². The van der Waals surface area contributed by atoms with E-state index >= 15 is 0 Å². The Labute approximate surface area is 123 Å². The Bertz CT molecular complexity index is 564. The Balaban J connectivity index is 5.33. The number of hydrogen-bond donors (Lipinski definition) is 0. The Hall–Kier alpha value is 0.185. The molecule has 0 aromatic carbocycles. The maximum Gasteiger partial charge on any atom is 0.393 e. The van der Waals surface area contributed by atoms with E-state index in [1.54, 1.807) is 0 Å². The van der Waals surface area contributed by atoms with Gasteiger partial charge in [-0.1, -0.05) is 19.7 Å². The third-order valence-corrected chi connectivity index (χ3v) is 13.0. The second-order valence-corrected chi connectivity index (χ2v) is 15.3. The molecule has 0 spiro atoms. The standard InChI is InChI=1S/C6H9BO6S6/c1-4-17(8,9)14-7(15-18(10,11)5-2)16-19(12,13)6-3/h4-6H,1-3H2. The zero-order valence-electron chi connectivity index (χ0n) is 9.33. The molecule has 0 N–H and O–H groups in total. The molecule has 0 rings (SSSR count). The Morgan fingerprint density at radius 3 is 1.00 bits per heavy atom. The summed E-state index contributed by atoms with van der Waals surface area (Å²) >= 11 is 0. The molecule has 0 aliphatic heterocycles. The summed E-state index contributed by atoms with van der Waals surface area (Å²) in [7, 11) is -11.0. The van der Waals surface area contributed by atoms with E-state index in [9.17, 15) is 25.3 Å². The molecular formula is C6H9BO6S6. The van der Waals surface area contributed by atoms with Crippen molar-refractivity contribution in [3.05, 3.63) is 36.0 Å². The van der Waals surface area contributed by atoms with Crippen molar-refractivity contribution in [1.29, 1.82) is 0 Å². The highest BCUT2D eigenvalue weighted by Gasteiger charge is 2.33. The fourth-order valence-electron chi connectivity index (χ4n) is 0.494. The van der Waals surface area contributed by atoms with Gasteiger partial charge in [-0.25, -0.2) is 25.3 Å². The molecule has 0 unspecified atom stereocenters. The minimum Gasteiger partial charge on any atom is -0.214 e. The predicted molar refractivity (Wildman–Crippen MR) is 85.9 cm³/mol. The van der Waals surface area contributed by atoms with Gasteiger partial charge in [0, 0.05) is 16.2 Å². The van der Waals surface area contributed by atoms with Gasteiger partial charge < -0.3 is 0 Å². The van der Waals surface area contributed by atoms with Crippen LogP contribution in [0.5, 0.6) is 0 Å². The molecule has 0 atom stereocenters. The van der Waals surface area contributed by atoms with Gasteiger partial charge in [0.2, 0.25) is 26.6 Å². The van der Waals surface area contributed by atoms with Crippen LogP contribution >= 0.6 is 31.9 Å². The summed E-state index contributed by atoms with van der Waals surface area (Å²) in [6, 6.07) is 0. The van der Waals surface area contributed by atoms with Gasteiger partial charge in [0.25, 0.3) is 0 Å². The lowest BCUT2D eigenvalue weighted by molar-refractivity contribution is 0.617. The van der Waals surface area contributed by atoms with Crippen LogP contribution < -0.4 is 0 Å². The second-order valence-electron chi connectivity index (χ2n) is 2.56. The molecule has 6 nitrogen and oxygen atoms in total. The average Bonchev–Trinajstić information content (AvgIpc) is 2.27. The van der Waals surface area contributed by atoms with E-state index in [0.29, 0.717) is 16.2 Å². The molecule has 0 fully saturated rings. The molecule has 0 amide bonds. The van der Waals surface area contributed by atoms with E-state index < -0.39 is 31.2 Å². The number of rotatable bonds is 9. The van der Waals surface area contributed by atoms with Crippen molar-refractivity contribution in [3.63, 3.8) is 0 Å². The summed E-state index contributed by atoms with van der Waals surface area (Å²) in [5.74, 6) is 0. The minimum absolute atomic E-state index is 0.158. The molecule has 19 heavy (non-hydrogen) atoms. The van der Waals surface area contributed by atoms with Gasteiger partial charge in [-0.05, 0) is 31.9 Å². The van der Waals surface area contributed by atoms with Crippen molar-refractivity contribution in [3.8, 4) is 0 Å². The molecule has 108 valence electrons. The summed E-state index contributed by atoms with van der Waals surface area (Å²) < 4.78 is 66.7. The van der Waals surface area contributed by atoms with Gasteiger partial charge >= 0.3 is 4.55 Å². The topological polar surface area (TPSA) is 102 Å². The van der Waals surface area contributed by atoms with Gasteiger partial charge in [0.05, 0.1) is 0 Å². The highest BCUT2D eigenvalue weighted by molar-refractivity contribution is 9.15. The summed E-state index contributed by atoms with van der Waals surface area (Å²) in [6.45, 7) is 9.16. The lowest BCUT2D eigenvalue weighted by Gasteiger charge is -2.08. The zero-order chi connectivity index (χ0) is 15.3. The largest absolute Gasteiger partial charge is 0.393 e. The summed E-state index contributed by atoms with van der Waals surface area (Å²) in [5.41, 5.74) is 0. The van der Waals surface area contributed by atoms with Crippen LogP contribution in [0.3, 0.4) is 0 Å². The number of hydrogen-bond acceptors (Lipinski definition) is 9. The van der Waals surface area contributed by atoms with Crippen LogP contribution in [-0.2, 0) is 26.6 Å². The van der Waals surface area contributed by atoms with Crippen LogP contribution in [0.4, 0.5) is 0 Å². The van der Waals surface area contributed by atoms with Crippen molar-refractivity contribution in [1.82, 2.24) is 0 Å². The van der Waals surface area contributed by atoms with Crippen LogP contribution in [0.25, 0.3) is 0 Å². The van der Waals surface area contributed by atoms with Crippen LogP contribution in [0.15, 0.2) is 36.0 Å². The molecule has 0 heterocycles. The predicted octanol–water partition coefficient (Wildman–Crippen LogP) is 1.59. The van der Waals surface area contributed by atoms with Gasteiger partial charge in [-0.15, -0.1) is 0 Å². The van der Waals surface area contributed by atoms with E-state index in [1.165, 1.54) is 0 Å². The van der Waals surface area contributed by atoms with Crippen molar-refractivity contribution in [2.75, 3.05) is 0 Å². The average molecular weight is 380 g/mol. The maximum atomic E-state index is 11.3. The first-order valence-electron chi connectivity index (χ1n) is 4.14. The second kappa shape index (κ2) is 7.27. The monoisotopic (exact) mass is 380 g/mol. The molecule has 0 aliphatic carbocycles. The molecular weight excluding hydrogens is 371 g/mol. The van der Waals surface area contributed by atoms with Crippen LogP contribution in [0.2, 0.25) is 0 Å². The molecule has 0 aliphatic rings. The zero-order valence-corrected chi connectivity index (χ0v) is 14.2. The molecule has 0 aromatic heterocycles. The summed E-state index contributed by atoms with van der Waals surface area (Å²) in [4.78, 5) is 0. The first-order chi connectivity index (χ1) is 8.47. The Morgan fingerprint density at radius 1 is 0.632 bits per heavy atom. The third-order valence-electron chi connectivity index (χ3n) is 1.25. The summed E-state index contributed by atoms with van der Waals surface area (Å²) in [5, 5.41) is 1.81. The van der Waals surface area contributed by atoms with E-state index in [0.717, 1.165) is 0 Å². The van der Waals surface area contributed by atoms with E-state index in [1.807, 2.05) is 0 Å². The smallest absolute Gasteiger partial charge is 0.214 e. The fraction of sp³-hybridized carbons (Fsp3) is 0. The third kappa shape index (κ3) is 8.14.